The Balaban J connectivity index is 1.86. The van der Waals surface area contributed by atoms with Gasteiger partial charge in [-0.1, -0.05) is 0 Å². The minimum absolute atomic E-state index is 0.109. The van der Waals surface area contributed by atoms with Gasteiger partial charge < -0.3 is 9.80 Å². The van der Waals surface area contributed by atoms with Gasteiger partial charge in [0.25, 0.3) is 5.91 Å². The zero-order valence-corrected chi connectivity index (χ0v) is 17.7. The SMILES string of the molecule is CN(C)C1CCCN(C(=O)c2cc(S(=O)(=O)N3CCCC3)ccc2Br)C1. The van der Waals surface area contributed by atoms with Crippen LogP contribution in [-0.2, 0) is 10.0 Å². The second kappa shape index (κ2) is 7.96. The van der Waals surface area contributed by atoms with E-state index in [1.807, 2.05) is 19.0 Å². The van der Waals surface area contributed by atoms with Crippen molar-refractivity contribution in [3.8, 4) is 0 Å². The highest BCUT2D eigenvalue weighted by molar-refractivity contribution is 9.10. The first-order valence-electron chi connectivity index (χ1n) is 9.06. The third kappa shape index (κ3) is 3.98. The number of carbonyl (C=O) groups excluding carboxylic acids is 1. The predicted molar refractivity (Wildman–Crippen MR) is 105 cm³/mol. The maximum absolute atomic E-state index is 13.1. The first-order valence-corrected chi connectivity index (χ1v) is 11.3. The van der Waals surface area contributed by atoms with Crippen LogP contribution in [0.5, 0.6) is 0 Å². The van der Waals surface area contributed by atoms with Gasteiger partial charge in [0.1, 0.15) is 0 Å². The highest BCUT2D eigenvalue weighted by Gasteiger charge is 2.30. The Morgan fingerprint density at radius 1 is 1.15 bits per heavy atom. The molecule has 1 unspecified atom stereocenters. The van der Waals surface area contributed by atoms with E-state index >= 15 is 0 Å². The third-order valence-electron chi connectivity index (χ3n) is 5.29. The van der Waals surface area contributed by atoms with E-state index in [0.717, 1.165) is 25.7 Å². The predicted octanol–water partition coefficient (Wildman–Crippen LogP) is 2.40. The van der Waals surface area contributed by atoms with Gasteiger partial charge in [-0.2, -0.15) is 4.31 Å². The number of carbonyl (C=O) groups is 1. The molecule has 0 aliphatic carbocycles. The number of piperidine rings is 1. The summed E-state index contributed by atoms with van der Waals surface area (Å²) >= 11 is 3.43. The van der Waals surface area contributed by atoms with Gasteiger partial charge in [0.2, 0.25) is 10.0 Å². The molecular weight excluding hydrogens is 418 g/mol. The lowest BCUT2D eigenvalue weighted by molar-refractivity contribution is 0.0634. The van der Waals surface area contributed by atoms with E-state index < -0.39 is 10.0 Å². The summed E-state index contributed by atoms with van der Waals surface area (Å²) in [5.41, 5.74) is 0.421. The molecule has 6 nitrogen and oxygen atoms in total. The summed E-state index contributed by atoms with van der Waals surface area (Å²) in [4.78, 5) is 17.2. The Kier molecular flexibility index (Phi) is 6.06. The van der Waals surface area contributed by atoms with Gasteiger partial charge in [-0.25, -0.2) is 8.42 Å². The normalized spacial score (nSPS) is 22.2. The number of amides is 1. The van der Waals surface area contributed by atoms with E-state index in [2.05, 4.69) is 20.8 Å². The van der Waals surface area contributed by atoms with Crippen molar-refractivity contribution >= 4 is 31.9 Å². The summed E-state index contributed by atoms with van der Waals surface area (Å²) in [5, 5.41) is 0. The van der Waals surface area contributed by atoms with Crippen LogP contribution in [0, 0.1) is 0 Å². The van der Waals surface area contributed by atoms with Crippen molar-refractivity contribution in [2.24, 2.45) is 0 Å². The first kappa shape index (κ1) is 19.8. The standard InChI is InChI=1S/C18H26BrN3O3S/c1-20(2)14-6-5-9-21(13-14)18(23)16-12-15(7-8-17(16)19)26(24,25)22-10-3-4-11-22/h7-8,12,14H,3-6,9-11,13H2,1-2H3. The van der Waals surface area contributed by atoms with Crippen LogP contribution in [0.1, 0.15) is 36.0 Å². The highest BCUT2D eigenvalue weighted by atomic mass is 79.9. The molecule has 1 aromatic carbocycles. The highest BCUT2D eigenvalue weighted by Crippen LogP contribution is 2.27. The molecule has 2 aliphatic heterocycles. The lowest BCUT2D eigenvalue weighted by Crippen LogP contribution is -2.47. The molecule has 8 heteroatoms. The van der Waals surface area contributed by atoms with Gasteiger partial charge in [-0.3, -0.25) is 4.79 Å². The first-order chi connectivity index (χ1) is 12.3. The van der Waals surface area contributed by atoms with Crippen LogP contribution in [0.3, 0.4) is 0 Å². The largest absolute Gasteiger partial charge is 0.337 e. The number of likely N-dealkylation sites (tertiary alicyclic amines) is 1. The van der Waals surface area contributed by atoms with Crippen LogP contribution in [-0.4, -0.2) is 74.7 Å². The molecule has 0 aromatic heterocycles. The lowest BCUT2D eigenvalue weighted by atomic mass is 10.0. The molecule has 2 aliphatic rings. The lowest BCUT2D eigenvalue weighted by Gasteiger charge is -2.36. The fraction of sp³-hybridized carbons (Fsp3) is 0.611. The van der Waals surface area contributed by atoms with Crippen molar-refractivity contribution in [3.05, 3.63) is 28.2 Å². The van der Waals surface area contributed by atoms with E-state index in [9.17, 15) is 13.2 Å². The summed E-state index contributed by atoms with van der Waals surface area (Å²) in [6, 6.07) is 5.11. The minimum atomic E-state index is -3.53. The second-order valence-electron chi connectivity index (χ2n) is 7.26. The van der Waals surface area contributed by atoms with Crippen molar-refractivity contribution in [2.75, 3.05) is 40.3 Å². The zero-order chi connectivity index (χ0) is 18.9. The number of nitrogens with zero attached hydrogens (tertiary/aromatic N) is 3. The van der Waals surface area contributed by atoms with Crippen molar-refractivity contribution < 1.29 is 13.2 Å². The summed E-state index contributed by atoms with van der Waals surface area (Å²) in [5.74, 6) is -0.109. The van der Waals surface area contributed by atoms with Gasteiger partial charge in [-0.15, -0.1) is 0 Å². The van der Waals surface area contributed by atoms with Gasteiger partial charge in [0.15, 0.2) is 0 Å². The number of halogens is 1. The molecule has 3 rings (SSSR count). The molecule has 2 saturated heterocycles. The average molecular weight is 444 g/mol. The second-order valence-corrected chi connectivity index (χ2v) is 10.1. The molecule has 26 heavy (non-hydrogen) atoms. The molecule has 0 bridgehead atoms. The zero-order valence-electron chi connectivity index (χ0n) is 15.3. The fourth-order valence-electron chi connectivity index (χ4n) is 3.64. The molecule has 1 aromatic rings. The molecule has 0 spiro atoms. The van der Waals surface area contributed by atoms with Crippen LogP contribution >= 0.6 is 15.9 Å². The van der Waals surface area contributed by atoms with Gasteiger partial charge in [0.05, 0.1) is 10.5 Å². The number of sulfonamides is 1. The summed E-state index contributed by atoms with van der Waals surface area (Å²) in [6.45, 7) is 2.48. The Morgan fingerprint density at radius 3 is 2.50 bits per heavy atom. The van der Waals surface area contributed by atoms with E-state index in [4.69, 9.17) is 0 Å². The molecule has 2 fully saturated rings. The van der Waals surface area contributed by atoms with Gasteiger partial charge in [0, 0.05) is 36.7 Å². The molecule has 1 atom stereocenters. The van der Waals surface area contributed by atoms with Gasteiger partial charge in [-0.05, 0) is 73.9 Å². The maximum Gasteiger partial charge on any atom is 0.255 e. The van der Waals surface area contributed by atoms with Crippen molar-refractivity contribution in [1.82, 2.24) is 14.1 Å². The monoisotopic (exact) mass is 443 g/mol. The average Bonchev–Trinajstić information content (AvgIpc) is 3.17. The maximum atomic E-state index is 13.1. The Bertz CT molecular complexity index is 776. The van der Waals surface area contributed by atoms with Crippen LogP contribution in [0.15, 0.2) is 27.6 Å². The quantitative estimate of drug-likeness (QED) is 0.716. The molecular formula is C18H26BrN3O3S. The Hall–Kier alpha value is -0.960. The molecule has 0 N–H and O–H groups in total. The van der Waals surface area contributed by atoms with Crippen LogP contribution in [0.2, 0.25) is 0 Å². The summed E-state index contributed by atoms with van der Waals surface area (Å²) in [6.07, 6.45) is 3.81. The third-order valence-corrected chi connectivity index (χ3v) is 7.87. The van der Waals surface area contributed by atoms with Gasteiger partial charge >= 0.3 is 0 Å². The number of benzene rings is 1. The Morgan fingerprint density at radius 2 is 1.85 bits per heavy atom. The molecule has 1 amide bonds. The van der Waals surface area contributed by atoms with Crippen LogP contribution < -0.4 is 0 Å². The number of hydrogen-bond donors (Lipinski definition) is 0. The van der Waals surface area contributed by atoms with E-state index in [-0.39, 0.29) is 10.8 Å². The smallest absolute Gasteiger partial charge is 0.255 e. The summed E-state index contributed by atoms with van der Waals surface area (Å²) in [7, 11) is 0.518. The number of rotatable bonds is 4. The molecule has 144 valence electrons. The molecule has 2 heterocycles. The number of hydrogen-bond acceptors (Lipinski definition) is 4. The van der Waals surface area contributed by atoms with E-state index in [1.54, 1.807) is 12.1 Å². The fourth-order valence-corrected chi connectivity index (χ4v) is 5.60. The molecule has 0 saturated carbocycles. The van der Waals surface area contributed by atoms with Crippen LogP contribution in [0.25, 0.3) is 0 Å². The molecule has 0 radical (unpaired) electrons. The minimum Gasteiger partial charge on any atom is -0.337 e. The van der Waals surface area contributed by atoms with Crippen molar-refractivity contribution in [2.45, 2.75) is 36.6 Å². The Labute approximate surface area is 164 Å². The van der Waals surface area contributed by atoms with Crippen molar-refractivity contribution in [1.29, 1.82) is 0 Å². The van der Waals surface area contributed by atoms with E-state index in [1.165, 1.54) is 10.4 Å². The van der Waals surface area contributed by atoms with Crippen molar-refractivity contribution in [3.63, 3.8) is 0 Å². The number of likely N-dealkylation sites (N-methyl/N-ethyl adjacent to an activating group) is 1. The van der Waals surface area contributed by atoms with Crippen LogP contribution in [0.4, 0.5) is 0 Å². The topological polar surface area (TPSA) is 60.9 Å². The summed E-state index contributed by atoms with van der Waals surface area (Å²) < 4.78 is 27.8. The van der Waals surface area contributed by atoms with E-state index in [0.29, 0.717) is 42.3 Å².